The number of fused-ring (bicyclic) bond motifs is 1. The van der Waals surface area contributed by atoms with E-state index >= 15 is 0 Å². The average Bonchev–Trinajstić information content (AvgIpc) is 2.68. The van der Waals surface area contributed by atoms with E-state index in [1.165, 1.54) is 41.3 Å². The van der Waals surface area contributed by atoms with E-state index in [4.69, 9.17) is 10.7 Å². The van der Waals surface area contributed by atoms with E-state index in [9.17, 15) is 0 Å². The van der Waals surface area contributed by atoms with Gasteiger partial charge in [-0.15, -0.1) is 11.3 Å². The van der Waals surface area contributed by atoms with Crippen molar-refractivity contribution in [3.63, 3.8) is 0 Å². The van der Waals surface area contributed by atoms with Gasteiger partial charge in [0, 0.05) is 17.3 Å². The van der Waals surface area contributed by atoms with Crippen LogP contribution >= 0.6 is 11.3 Å². The van der Waals surface area contributed by atoms with Gasteiger partial charge in [-0.05, 0) is 37.5 Å². The van der Waals surface area contributed by atoms with Crippen LogP contribution in [-0.2, 0) is 19.3 Å². The number of rotatable bonds is 4. The van der Waals surface area contributed by atoms with E-state index in [0.29, 0.717) is 5.41 Å². The van der Waals surface area contributed by atoms with Gasteiger partial charge in [0.25, 0.3) is 0 Å². The lowest BCUT2D eigenvalue weighted by atomic mass is 9.70. The Kier molecular flexibility index (Phi) is 4.12. The van der Waals surface area contributed by atoms with Crippen LogP contribution in [0.1, 0.15) is 56.1 Å². The van der Waals surface area contributed by atoms with Crippen LogP contribution in [0.2, 0.25) is 0 Å². The summed E-state index contributed by atoms with van der Waals surface area (Å²) in [5.74, 6) is 0.818. The van der Waals surface area contributed by atoms with Crippen LogP contribution in [0.3, 0.4) is 0 Å². The maximum atomic E-state index is 5.87. The third kappa shape index (κ3) is 2.94. The van der Waals surface area contributed by atoms with Crippen molar-refractivity contribution in [2.75, 3.05) is 0 Å². The summed E-state index contributed by atoms with van der Waals surface area (Å²) >= 11 is 1.90. The molecule has 0 saturated carbocycles. The maximum Gasteiger partial charge on any atom is 0.0946 e. The lowest BCUT2D eigenvalue weighted by Gasteiger charge is -2.35. The third-order valence-electron chi connectivity index (χ3n) is 4.50. The highest BCUT2D eigenvalue weighted by molar-refractivity contribution is 7.11. The van der Waals surface area contributed by atoms with E-state index in [0.717, 1.165) is 12.3 Å². The standard InChI is InChI=1S/C15H26N2S/c1-5-15(3,4)11-6-7-12-13(9-11)18-14(17-12)8-10(2)16/h10-11H,5-9,16H2,1-4H3. The van der Waals surface area contributed by atoms with Crippen molar-refractivity contribution in [1.29, 1.82) is 0 Å². The Labute approximate surface area is 115 Å². The molecule has 2 N–H and O–H groups in total. The summed E-state index contributed by atoms with van der Waals surface area (Å²) in [6.07, 6.45) is 5.89. The Morgan fingerprint density at radius 2 is 2.22 bits per heavy atom. The predicted octanol–water partition coefficient (Wildman–Crippen LogP) is 3.57. The highest BCUT2D eigenvalue weighted by Crippen LogP contribution is 2.41. The molecule has 2 nitrogen and oxygen atoms in total. The molecule has 0 saturated heterocycles. The molecule has 1 aromatic rings. The van der Waals surface area contributed by atoms with Gasteiger partial charge in [0.05, 0.1) is 10.7 Å². The van der Waals surface area contributed by atoms with Gasteiger partial charge < -0.3 is 5.73 Å². The number of thiazole rings is 1. The number of nitrogens with two attached hydrogens (primary N) is 1. The summed E-state index contributed by atoms with van der Waals surface area (Å²) in [5, 5.41) is 1.24. The fourth-order valence-corrected chi connectivity index (χ4v) is 4.08. The molecule has 1 aliphatic carbocycles. The summed E-state index contributed by atoms with van der Waals surface area (Å²) in [5.41, 5.74) is 7.69. The van der Waals surface area contributed by atoms with Crippen molar-refractivity contribution >= 4 is 11.3 Å². The second kappa shape index (κ2) is 5.30. The molecule has 2 unspecified atom stereocenters. The molecule has 0 bridgehead atoms. The molecule has 0 radical (unpaired) electrons. The highest BCUT2D eigenvalue weighted by atomic mass is 32.1. The molecule has 1 aromatic heterocycles. The van der Waals surface area contributed by atoms with E-state index in [1.807, 2.05) is 11.3 Å². The molecule has 0 amide bonds. The first-order valence-corrected chi connectivity index (χ1v) is 7.97. The molecule has 1 heterocycles. The first kappa shape index (κ1) is 14.0. The lowest BCUT2D eigenvalue weighted by Crippen LogP contribution is -2.28. The van der Waals surface area contributed by atoms with E-state index in [2.05, 4.69) is 27.7 Å². The Balaban J connectivity index is 2.12. The van der Waals surface area contributed by atoms with Crippen LogP contribution in [0.15, 0.2) is 0 Å². The largest absolute Gasteiger partial charge is 0.328 e. The minimum Gasteiger partial charge on any atom is -0.328 e. The topological polar surface area (TPSA) is 38.9 Å². The summed E-state index contributed by atoms with van der Waals surface area (Å²) in [7, 11) is 0. The third-order valence-corrected chi connectivity index (χ3v) is 5.64. The summed E-state index contributed by atoms with van der Waals surface area (Å²) in [4.78, 5) is 6.30. The summed E-state index contributed by atoms with van der Waals surface area (Å²) in [6.45, 7) is 9.19. The lowest BCUT2D eigenvalue weighted by molar-refractivity contribution is 0.183. The van der Waals surface area contributed by atoms with E-state index < -0.39 is 0 Å². The highest BCUT2D eigenvalue weighted by Gasteiger charge is 2.32. The number of hydrogen-bond acceptors (Lipinski definition) is 3. The molecule has 0 spiro atoms. The molecule has 102 valence electrons. The van der Waals surface area contributed by atoms with Gasteiger partial charge in [-0.25, -0.2) is 4.98 Å². The number of nitrogens with zero attached hydrogens (tertiary/aromatic N) is 1. The minimum atomic E-state index is 0.223. The average molecular weight is 266 g/mol. The van der Waals surface area contributed by atoms with Gasteiger partial charge in [0.15, 0.2) is 0 Å². The molecule has 0 aliphatic heterocycles. The Morgan fingerprint density at radius 3 is 2.83 bits per heavy atom. The molecule has 0 aromatic carbocycles. The fourth-order valence-electron chi connectivity index (χ4n) is 2.75. The van der Waals surface area contributed by atoms with Crippen molar-refractivity contribution in [2.45, 2.75) is 65.8 Å². The molecule has 3 heteroatoms. The van der Waals surface area contributed by atoms with Crippen molar-refractivity contribution in [2.24, 2.45) is 17.1 Å². The molecule has 18 heavy (non-hydrogen) atoms. The quantitative estimate of drug-likeness (QED) is 0.905. The van der Waals surface area contributed by atoms with Crippen LogP contribution in [-0.4, -0.2) is 11.0 Å². The Hall–Kier alpha value is -0.410. The van der Waals surface area contributed by atoms with Gasteiger partial charge in [0.1, 0.15) is 0 Å². The van der Waals surface area contributed by atoms with Crippen LogP contribution in [0, 0.1) is 11.3 Å². The molecular weight excluding hydrogens is 240 g/mol. The van der Waals surface area contributed by atoms with Crippen LogP contribution in [0.5, 0.6) is 0 Å². The smallest absolute Gasteiger partial charge is 0.0946 e. The molecule has 1 aliphatic rings. The normalized spacial score (nSPS) is 21.7. The monoisotopic (exact) mass is 266 g/mol. The molecular formula is C15H26N2S. The summed E-state index contributed by atoms with van der Waals surface area (Å²) in [6, 6.07) is 0.223. The molecule has 2 atom stereocenters. The van der Waals surface area contributed by atoms with Gasteiger partial charge in [-0.3, -0.25) is 0 Å². The minimum absolute atomic E-state index is 0.223. The second-order valence-corrected chi connectivity index (χ2v) is 7.61. The van der Waals surface area contributed by atoms with E-state index in [-0.39, 0.29) is 6.04 Å². The number of hydrogen-bond donors (Lipinski definition) is 1. The van der Waals surface area contributed by atoms with Crippen molar-refractivity contribution in [1.82, 2.24) is 4.98 Å². The first-order chi connectivity index (χ1) is 8.42. The van der Waals surface area contributed by atoms with Crippen molar-refractivity contribution in [3.05, 3.63) is 15.6 Å². The number of aryl methyl sites for hydroxylation is 1. The second-order valence-electron chi connectivity index (χ2n) is 6.44. The zero-order chi connectivity index (χ0) is 13.3. The Bertz CT molecular complexity index is 407. The van der Waals surface area contributed by atoms with E-state index in [1.54, 1.807) is 0 Å². The van der Waals surface area contributed by atoms with Gasteiger partial charge in [-0.1, -0.05) is 27.2 Å². The first-order valence-electron chi connectivity index (χ1n) is 7.15. The zero-order valence-electron chi connectivity index (χ0n) is 12.1. The van der Waals surface area contributed by atoms with Crippen molar-refractivity contribution in [3.8, 4) is 0 Å². The fraction of sp³-hybridized carbons (Fsp3) is 0.800. The number of aromatic nitrogens is 1. The maximum absolute atomic E-state index is 5.87. The van der Waals surface area contributed by atoms with Crippen molar-refractivity contribution < 1.29 is 0 Å². The van der Waals surface area contributed by atoms with Gasteiger partial charge in [0.2, 0.25) is 0 Å². The van der Waals surface area contributed by atoms with Crippen LogP contribution < -0.4 is 5.73 Å². The predicted molar refractivity (Wildman–Crippen MR) is 79.1 cm³/mol. The SMILES string of the molecule is CCC(C)(C)C1CCc2nc(CC(C)N)sc2C1. The van der Waals surface area contributed by atoms with Gasteiger partial charge >= 0.3 is 0 Å². The molecule has 0 fully saturated rings. The Morgan fingerprint density at radius 1 is 1.50 bits per heavy atom. The molecule has 2 rings (SSSR count). The van der Waals surface area contributed by atoms with Gasteiger partial charge in [-0.2, -0.15) is 0 Å². The van der Waals surface area contributed by atoms with Crippen LogP contribution in [0.25, 0.3) is 0 Å². The summed E-state index contributed by atoms with van der Waals surface area (Å²) < 4.78 is 0. The van der Waals surface area contributed by atoms with Crippen LogP contribution in [0.4, 0.5) is 0 Å². The zero-order valence-corrected chi connectivity index (χ0v) is 12.9.